The number of anilines is 1. The van der Waals surface area contributed by atoms with Crippen LogP contribution in [0.25, 0.3) is 5.69 Å². The average molecular weight is 218 g/mol. The number of tetrazole rings is 1. The van der Waals surface area contributed by atoms with Crippen LogP contribution in [-0.2, 0) is 4.79 Å². The van der Waals surface area contributed by atoms with Crippen LogP contribution in [0.4, 0.5) is 5.69 Å². The van der Waals surface area contributed by atoms with Gasteiger partial charge in [-0.3, -0.25) is 4.79 Å². The molecular formula is C9H10N6O. The fourth-order valence-corrected chi connectivity index (χ4v) is 1.23. The summed E-state index contributed by atoms with van der Waals surface area (Å²) in [5.74, 6) is -0.409. The van der Waals surface area contributed by atoms with Gasteiger partial charge in [0.1, 0.15) is 6.33 Å². The number of carbonyl (C=O) groups excluding carboxylic acids is 1. The summed E-state index contributed by atoms with van der Waals surface area (Å²) in [4.78, 5) is 10.6. The lowest BCUT2D eigenvalue weighted by molar-refractivity contribution is -0.116. The Morgan fingerprint density at radius 3 is 3.06 bits per heavy atom. The van der Waals surface area contributed by atoms with E-state index in [4.69, 9.17) is 5.73 Å². The summed E-state index contributed by atoms with van der Waals surface area (Å²) in [6.45, 7) is 0.0963. The SMILES string of the molecule is NC(=O)CNc1cccc(-n2cnnn2)c1. The molecule has 0 radical (unpaired) electrons. The number of hydrogen-bond acceptors (Lipinski definition) is 5. The standard InChI is InChI=1S/C9H10N6O/c10-9(16)5-11-7-2-1-3-8(4-7)15-6-12-13-14-15/h1-4,6,11H,5H2,(H2,10,16). The van der Waals surface area contributed by atoms with Gasteiger partial charge in [-0.25, -0.2) is 4.68 Å². The largest absolute Gasteiger partial charge is 0.376 e. The van der Waals surface area contributed by atoms with Crippen molar-refractivity contribution in [3.63, 3.8) is 0 Å². The van der Waals surface area contributed by atoms with E-state index in [-0.39, 0.29) is 6.54 Å². The molecular weight excluding hydrogens is 208 g/mol. The lowest BCUT2D eigenvalue weighted by atomic mass is 10.3. The first-order valence-corrected chi connectivity index (χ1v) is 4.61. The molecule has 16 heavy (non-hydrogen) atoms. The van der Waals surface area contributed by atoms with Gasteiger partial charge in [0.2, 0.25) is 5.91 Å². The van der Waals surface area contributed by atoms with Gasteiger partial charge in [0.15, 0.2) is 0 Å². The highest BCUT2D eigenvalue weighted by molar-refractivity contribution is 5.78. The maximum atomic E-state index is 10.6. The normalized spacial score (nSPS) is 10.0. The van der Waals surface area contributed by atoms with Crippen molar-refractivity contribution in [2.24, 2.45) is 5.73 Å². The van der Waals surface area contributed by atoms with Crippen molar-refractivity contribution in [3.05, 3.63) is 30.6 Å². The minimum absolute atomic E-state index is 0.0963. The summed E-state index contributed by atoms with van der Waals surface area (Å²) < 4.78 is 1.52. The van der Waals surface area contributed by atoms with Crippen molar-refractivity contribution in [1.82, 2.24) is 20.2 Å². The van der Waals surface area contributed by atoms with Crippen LogP contribution in [-0.4, -0.2) is 32.7 Å². The predicted octanol–water partition coefficient (Wildman–Crippen LogP) is -0.441. The van der Waals surface area contributed by atoms with Gasteiger partial charge in [0.05, 0.1) is 12.2 Å². The molecule has 0 saturated carbocycles. The van der Waals surface area contributed by atoms with Gasteiger partial charge in [-0.15, -0.1) is 5.10 Å². The molecule has 1 heterocycles. The van der Waals surface area contributed by atoms with E-state index in [1.54, 1.807) is 0 Å². The zero-order valence-corrected chi connectivity index (χ0v) is 8.37. The highest BCUT2D eigenvalue weighted by Gasteiger charge is 2.00. The number of nitrogens with one attached hydrogen (secondary N) is 1. The summed E-state index contributed by atoms with van der Waals surface area (Å²) >= 11 is 0. The molecule has 0 bridgehead atoms. The third kappa shape index (κ3) is 2.32. The monoisotopic (exact) mass is 218 g/mol. The first-order valence-electron chi connectivity index (χ1n) is 4.61. The number of carbonyl (C=O) groups is 1. The summed E-state index contributed by atoms with van der Waals surface area (Å²) in [7, 11) is 0. The van der Waals surface area contributed by atoms with Crippen LogP contribution in [0.1, 0.15) is 0 Å². The molecule has 7 heteroatoms. The molecule has 0 fully saturated rings. The maximum absolute atomic E-state index is 10.6. The van der Waals surface area contributed by atoms with Crippen LogP contribution >= 0.6 is 0 Å². The second-order valence-corrected chi connectivity index (χ2v) is 3.12. The molecule has 0 spiro atoms. The number of benzene rings is 1. The van der Waals surface area contributed by atoms with E-state index in [0.29, 0.717) is 0 Å². The number of nitrogens with zero attached hydrogens (tertiary/aromatic N) is 4. The highest BCUT2D eigenvalue weighted by atomic mass is 16.1. The third-order valence-corrected chi connectivity index (χ3v) is 1.93. The quantitative estimate of drug-likeness (QED) is 0.724. The molecule has 0 atom stereocenters. The maximum Gasteiger partial charge on any atom is 0.236 e. The van der Waals surface area contributed by atoms with Crippen molar-refractivity contribution in [3.8, 4) is 5.69 Å². The zero-order chi connectivity index (χ0) is 11.4. The van der Waals surface area contributed by atoms with Crippen LogP contribution in [0.15, 0.2) is 30.6 Å². The van der Waals surface area contributed by atoms with Crippen LogP contribution in [0.2, 0.25) is 0 Å². The van der Waals surface area contributed by atoms with Crippen molar-refractivity contribution >= 4 is 11.6 Å². The van der Waals surface area contributed by atoms with Crippen LogP contribution in [0.5, 0.6) is 0 Å². The minimum Gasteiger partial charge on any atom is -0.376 e. The number of amides is 1. The molecule has 82 valence electrons. The van der Waals surface area contributed by atoms with Gasteiger partial charge in [0, 0.05) is 5.69 Å². The molecule has 0 saturated heterocycles. The Morgan fingerprint density at radius 2 is 2.38 bits per heavy atom. The molecule has 2 aromatic rings. The number of primary amides is 1. The van der Waals surface area contributed by atoms with Crippen molar-refractivity contribution < 1.29 is 4.79 Å². The Hall–Kier alpha value is -2.44. The molecule has 3 N–H and O–H groups in total. The van der Waals surface area contributed by atoms with E-state index >= 15 is 0 Å². The number of rotatable bonds is 4. The molecule has 0 aliphatic carbocycles. The Kier molecular flexibility index (Phi) is 2.77. The van der Waals surface area contributed by atoms with Crippen LogP contribution in [0, 0.1) is 0 Å². The Labute approximate surface area is 91.3 Å². The number of hydrogen-bond donors (Lipinski definition) is 2. The molecule has 1 aromatic carbocycles. The van der Waals surface area contributed by atoms with Gasteiger partial charge in [0.25, 0.3) is 0 Å². The first kappa shape index (κ1) is 10.1. The zero-order valence-electron chi connectivity index (χ0n) is 8.37. The fourth-order valence-electron chi connectivity index (χ4n) is 1.23. The van der Waals surface area contributed by atoms with Gasteiger partial charge in [-0.1, -0.05) is 6.07 Å². The smallest absolute Gasteiger partial charge is 0.236 e. The van der Waals surface area contributed by atoms with Crippen LogP contribution in [0.3, 0.4) is 0 Å². The minimum atomic E-state index is -0.409. The van der Waals surface area contributed by atoms with Gasteiger partial charge < -0.3 is 11.1 Å². The Balaban J connectivity index is 2.17. The van der Waals surface area contributed by atoms with E-state index in [0.717, 1.165) is 11.4 Å². The van der Waals surface area contributed by atoms with Gasteiger partial charge in [-0.05, 0) is 28.6 Å². The molecule has 2 rings (SSSR count). The van der Waals surface area contributed by atoms with Crippen LogP contribution < -0.4 is 11.1 Å². The average Bonchev–Trinajstić information content (AvgIpc) is 2.80. The first-order chi connectivity index (χ1) is 7.75. The van der Waals surface area contributed by atoms with Crippen molar-refractivity contribution in [2.75, 3.05) is 11.9 Å². The van der Waals surface area contributed by atoms with E-state index < -0.39 is 5.91 Å². The van der Waals surface area contributed by atoms with Crippen molar-refractivity contribution in [1.29, 1.82) is 0 Å². The molecule has 0 unspecified atom stereocenters. The summed E-state index contributed by atoms with van der Waals surface area (Å²) in [6, 6.07) is 7.34. The Morgan fingerprint density at radius 1 is 1.50 bits per heavy atom. The summed E-state index contributed by atoms with van der Waals surface area (Å²) in [6.07, 6.45) is 1.49. The lowest BCUT2D eigenvalue weighted by Gasteiger charge is -2.05. The molecule has 1 amide bonds. The van der Waals surface area contributed by atoms with Gasteiger partial charge >= 0.3 is 0 Å². The fraction of sp³-hybridized carbons (Fsp3) is 0.111. The number of nitrogens with two attached hydrogens (primary N) is 1. The second-order valence-electron chi connectivity index (χ2n) is 3.12. The lowest BCUT2D eigenvalue weighted by Crippen LogP contribution is -2.21. The highest BCUT2D eigenvalue weighted by Crippen LogP contribution is 2.12. The van der Waals surface area contributed by atoms with Gasteiger partial charge in [-0.2, -0.15) is 0 Å². The molecule has 7 nitrogen and oxygen atoms in total. The second kappa shape index (κ2) is 4.39. The molecule has 0 aliphatic heterocycles. The van der Waals surface area contributed by atoms with E-state index in [2.05, 4.69) is 20.8 Å². The van der Waals surface area contributed by atoms with E-state index in [1.807, 2.05) is 24.3 Å². The number of aromatic nitrogens is 4. The third-order valence-electron chi connectivity index (χ3n) is 1.93. The molecule has 0 aliphatic rings. The van der Waals surface area contributed by atoms with Crippen molar-refractivity contribution in [2.45, 2.75) is 0 Å². The Bertz CT molecular complexity index is 481. The summed E-state index contributed by atoms with van der Waals surface area (Å²) in [5.41, 5.74) is 6.62. The van der Waals surface area contributed by atoms with E-state index in [1.165, 1.54) is 11.0 Å². The van der Waals surface area contributed by atoms with E-state index in [9.17, 15) is 4.79 Å². The summed E-state index contributed by atoms with van der Waals surface area (Å²) in [5, 5.41) is 13.7. The topological polar surface area (TPSA) is 98.7 Å². The molecule has 1 aromatic heterocycles. The predicted molar refractivity (Wildman–Crippen MR) is 56.8 cm³/mol.